The molecule has 0 bridgehead atoms. The number of nitrogens with zero attached hydrogens (tertiary/aromatic N) is 3. The van der Waals surface area contributed by atoms with Crippen molar-refractivity contribution in [3.05, 3.63) is 78.4 Å². The quantitative estimate of drug-likeness (QED) is 0.718. The van der Waals surface area contributed by atoms with Crippen LogP contribution in [0.4, 0.5) is 5.69 Å². The maximum atomic E-state index is 5.76. The normalized spacial score (nSPS) is 16.0. The Balaban J connectivity index is 1.64. The van der Waals surface area contributed by atoms with Gasteiger partial charge in [0.25, 0.3) is 0 Å². The third-order valence-electron chi connectivity index (χ3n) is 4.64. The summed E-state index contributed by atoms with van der Waals surface area (Å²) >= 11 is 5.76. The summed E-state index contributed by atoms with van der Waals surface area (Å²) in [7, 11) is 1.66. The van der Waals surface area contributed by atoms with Crippen LogP contribution in [0, 0.1) is 0 Å². The lowest BCUT2D eigenvalue weighted by Gasteiger charge is -2.39. The van der Waals surface area contributed by atoms with Crippen LogP contribution >= 0.6 is 12.2 Å². The molecule has 132 valence electrons. The van der Waals surface area contributed by atoms with Gasteiger partial charge >= 0.3 is 0 Å². The van der Waals surface area contributed by atoms with Crippen LogP contribution in [0.3, 0.4) is 0 Å². The highest BCUT2D eigenvalue weighted by Crippen LogP contribution is 2.32. The first-order chi connectivity index (χ1) is 12.8. The Morgan fingerprint density at radius 3 is 2.81 bits per heavy atom. The number of pyridine rings is 1. The summed E-state index contributed by atoms with van der Waals surface area (Å²) in [4.78, 5) is 6.39. The summed E-state index contributed by atoms with van der Waals surface area (Å²) in [6.45, 7) is 1.74. The second-order valence-electron chi connectivity index (χ2n) is 6.17. The second kappa shape index (κ2) is 7.17. The molecule has 0 saturated heterocycles. The van der Waals surface area contributed by atoms with Crippen LogP contribution in [-0.4, -0.2) is 33.2 Å². The molecule has 0 spiro atoms. The zero-order valence-corrected chi connectivity index (χ0v) is 15.3. The molecule has 0 unspecified atom stereocenters. The van der Waals surface area contributed by atoms with Crippen molar-refractivity contribution in [1.29, 1.82) is 0 Å². The van der Waals surface area contributed by atoms with Crippen LogP contribution in [-0.2, 0) is 6.54 Å². The lowest BCUT2D eigenvalue weighted by molar-refractivity contribution is 0.293. The number of thiocarbonyl (C=S) groups is 1. The summed E-state index contributed by atoms with van der Waals surface area (Å²) in [6.07, 6.45) is 5.78. The van der Waals surface area contributed by atoms with Gasteiger partial charge in [0, 0.05) is 49.1 Å². The predicted molar refractivity (Wildman–Crippen MR) is 106 cm³/mol. The number of fused-ring (bicyclic) bond motifs is 1. The fourth-order valence-corrected chi connectivity index (χ4v) is 3.71. The Bertz CT molecular complexity index is 909. The summed E-state index contributed by atoms with van der Waals surface area (Å²) in [5, 5.41) is 4.06. The molecule has 1 atom stereocenters. The Kier molecular flexibility index (Phi) is 4.58. The number of anilines is 1. The topological polar surface area (TPSA) is 42.3 Å². The van der Waals surface area contributed by atoms with Crippen molar-refractivity contribution in [2.24, 2.45) is 0 Å². The minimum atomic E-state index is 0.0624. The number of ether oxygens (including phenoxy) is 1. The highest BCUT2D eigenvalue weighted by molar-refractivity contribution is 7.80. The molecule has 0 fully saturated rings. The van der Waals surface area contributed by atoms with Crippen molar-refractivity contribution in [3.8, 4) is 5.75 Å². The predicted octanol–water partition coefficient (Wildman–Crippen LogP) is 3.69. The molecule has 0 radical (unpaired) electrons. The van der Waals surface area contributed by atoms with Gasteiger partial charge in [-0.2, -0.15) is 0 Å². The summed E-state index contributed by atoms with van der Waals surface area (Å²) in [6, 6.07) is 16.2. The van der Waals surface area contributed by atoms with Gasteiger partial charge in [-0.25, -0.2) is 0 Å². The lowest BCUT2D eigenvalue weighted by Crippen LogP contribution is -2.44. The van der Waals surface area contributed by atoms with E-state index in [1.165, 1.54) is 11.3 Å². The van der Waals surface area contributed by atoms with Gasteiger partial charge in [0.15, 0.2) is 5.11 Å². The molecule has 1 N–H and O–H groups in total. The van der Waals surface area contributed by atoms with E-state index in [9.17, 15) is 0 Å². The van der Waals surface area contributed by atoms with E-state index in [1.807, 2.05) is 36.7 Å². The average molecular weight is 364 g/mol. The molecular formula is C20H20N4OS. The van der Waals surface area contributed by atoms with Crippen molar-refractivity contribution in [2.75, 3.05) is 19.0 Å². The smallest absolute Gasteiger partial charge is 0.174 e. The Labute approximate surface area is 158 Å². The van der Waals surface area contributed by atoms with E-state index >= 15 is 0 Å². The number of hydrogen-bond donors (Lipinski definition) is 1. The maximum Gasteiger partial charge on any atom is 0.174 e. The molecule has 0 aliphatic carbocycles. The molecule has 6 heteroatoms. The van der Waals surface area contributed by atoms with Crippen molar-refractivity contribution < 1.29 is 4.74 Å². The van der Waals surface area contributed by atoms with E-state index in [1.54, 1.807) is 7.11 Å². The monoisotopic (exact) mass is 364 g/mol. The fourth-order valence-electron chi connectivity index (χ4n) is 3.39. The van der Waals surface area contributed by atoms with Gasteiger partial charge in [-0.05, 0) is 54.2 Å². The van der Waals surface area contributed by atoms with Gasteiger partial charge in [0.1, 0.15) is 5.75 Å². The first-order valence-electron chi connectivity index (χ1n) is 8.53. The van der Waals surface area contributed by atoms with Crippen LogP contribution in [0.15, 0.2) is 67.1 Å². The molecule has 4 rings (SSSR count). The van der Waals surface area contributed by atoms with Gasteiger partial charge in [-0.15, -0.1) is 0 Å². The van der Waals surface area contributed by atoms with Crippen LogP contribution in [0.2, 0.25) is 0 Å². The first-order valence-corrected chi connectivity index (χ1v) is 8.94. The van der Waals surface area contributed by atoms with Crippen LogP contribution in [0.5, 0.6) is 5.75 Å². The number of aromatic nitrogens is 2. The molecular weight excluding hydrogens is 344 g/mol. The molecule has 1 aliphatic heterocycles. The third kappa shape index (κ3) is 3.15. The number of benzene rings is 1. The van der Waals surface area contributed by atoms with E-state index in [-0.39, 0.29) is 6.04 Å². The first kappa shape index (κ1) is 16.6. The summed E-state index contributed by atoms with van der Waals surface area (Å²) in [5.41, 5.74) is 3.33. The lowest BCUT2D eigenvalue weighted by atomic mass is 10.0. The highest BCUT2D eigenvalue weighted by Gasteiger charge is 2.30. The number of rotatable bonds is 3. The molecule has 0 amide bonds. The number of nitrogens with one attached hydrogen (secondary N) is 1. The standard InChI is InChI=1S/C20H20N4OS/c1-25-17-5-2-4-16(14-17)22-20(26)24-13-12-23-11-3-6-18(23)19(24)15-7-9-21-10-8-15/h2-11,14,19H,12-13H2,1H3,(H,22,26)/t19-/m1/s1. The molecule has 0 saturated carbocycles. The second-order valence-corrected chi connectivity index (χ2v) is 6.55. The van der Waals surface area contributed by atoms with Gasteiger partial charge in [-0.1, -0.05) is 6.07 Å². The largest absolute Gasteiger partial charge is 0.497 e. The van der Waals surface area contributed by atoms with Crippen LogP contribution < -0.4 is 10.1 Å². The van der Waals surface area contributed by atoms with E-state index in [4.69, 9.17) is 17.0 Å². The molecule has 1 aliphatic rings. The van der Waals surface area contributed by atoms with Crippen molar-refractivity contribution in [1.82, 2.24) is 14.5 Å². The molecule has 5 nitrogen and oxygen atoms in total. The SMILES string of the molecule is COc1cccc(NC(=S)N2CCn3cccc3[C@H]2c2ccncc2)c1. The van der Waals surface area contributed by atoms with E-state index in [2.05, 4.69) is 50.2 Å². The zero-order chi connectivity index (χ0) is 17.9. The van der Waals surface area contributed by atoms with E-state index < -0.39 is 0 Å². The Morgan fingerprint density at radius 1 is 1.15 bits per heavy atom. The highest BCUT2D eigenvalue weighted by atomic mass is 32.1. The zero-order valence-electron chi connectivity index (χ0n) is 14.5. The Hall–Kier alpha value is -2.86. The molecule has 3 aromatic rings. The van der Waals surface area contributed by atoms with E-state index in [0.29, 0.717) is 5.11 Å². The maximum absolute atomic E-state index is 5.76. The summed E-state index contributed by atoms with van der Waals surface area (Å²) in [5.74, 6) is 0.802. The number of hydrogen-bond acceptors (Lipinski definition) is 3. The van der Waals surface area contributed by atoms with Gasteiger partial charge in [-0.3, -0.25) is 4.98 Å². The van der Waals surface area contributed by atoms with Crippen molar-refractivity contribution >= 4 is 23.0 Å². The summed E-state index contributed by atoms with van der Waals surface area (Å²) < 4.78 is 7.59. The minimum absolute atomic E-state index is 0.0624. The van der Waals surface area contributed by atoms with E-state index in [0.717, 1.165) is 24.5 Å². The molecule has 26 heavy (non-hydrogen) atoms. The number of methoxy groups -OCH3 is 1. The third-order valence-corrected chi connectivity index (χ3v) is 4.98. The Morgan fingerprint density at radius 2 is 2.00 bits per heavy atom. The van der Waals surface area contributed by atoms with Gasteiger partial charge in [0.2, 0.25) is 0 Å². The molecule has 2 aromatic heterocycles. The van der Waals surface area contributed by atoms with Crippen molar-refractivity contribution in [2.45, 2.75) is 12.6 Å². The average Bonchev–Trinajstić information content (AvgIpc) is 3.16. The van der Waals surface area contributed by atoms with Crippen LogP contribution in [0.25, 0.3) is 0 Å². The van der Waals surface area contributed by atoms with Gasteiger partial charge < -0.3 is 19.5 Å². The van der Waals surface area contributed by atoms with Crippen molar-refractivity contribution in [3.63, 3.8) is 0 Å². The minimum Gasteiger partial charge on any atom is -0.497 e. The fraction of sp³-hybridized carbons (Fsp3) is 0.200. The molecule has 1 aromatic carbocycles. The van der Waals surface area contributed by atoms with Crippen LogP contribution in [0.1, 0.15) is 17.3 Å². The molecule has 3 heterocycles. The van der Waals surface area contributed by atoms with Gasteiger partial charge in [0.05, 0.1) is 13.2 Å².